The summed E-state index contributed by atoms with van der Waals surface area (Å²) in [5.41, 5.74) is 1.25. The Morgan fingerprint density at radius 3 is 2.86 bits per heavy atom. The van der Waals surface area contributed by atoms with Crippen LogP contribution in [0, 0.1) is 5.92 Å². The minimum atomic E-state index is -1.05. The van der Waals surface area contributed by atoms with E-state index in [9.17, 15) is 4.79 Å². The van der Waals surface area contributed by atoms with Gasteiger partial charge >= 0.3 is 5.97 Å². The second-order valence-corrected chi connectivity index (χ2v) is 5.66. The Bertz CT molecular complexity index is 665. The Labute approximate surface area is 126 Å². The summed E-state index contributed by atoms with van der Waals surface area (Å²) in [7, 11) is 0. The zero-order valence-corrected chi connectivity index (χ0v) is 12.1. The molecule has 0 spiro atoms. The quantitative estimate of drug-likeness (QED) is 0.885. The smallest absolute Gasteiger partial charge is 0.353 e. The number of aromatic nitrogens is 2. The van der Waals surface area contributed by atoms with E-state index in [4.69, 9.17) is 21.4 Å². The summed E-state index contributed by atoms with van der Waals surface area (Å²) in [4.78, 5) is 10.9. The van der Waals surface area contributed by atoms with Crippen LogP contribution in [0.2, 0.25) is 5.02 Å². The first kappa shape index (κ1) is 13.9. The minimum Gasteiger partial charge on any atom is -0.493 e. The van der Waals surface area contributed by atoms with Crippen LogP contribution in [0.25, 0.3) is 11.3 Å². The summed E-state index contributed by atoms with van der Waals surface area (Å²) < 4.78 is 5.86. The lowest BCUT2D eigenvalue weighted by Gasteiger charge is -2.25. The number of halogens is 1. The molecule has 1 heterocycles. The number of H-pyrrole nitrogens is 1. The minimum absolute atomic E-state index is 0.0370. The number of rotatable bonds is 5. The Kier molecular flexibility index (Phi) is 3.84. The number of hydrogen-bond donors (Lipinski definition) is 2. The zero-order chi connectivity index (χ0) is 14.8. The van der Waals surface area contributed by atoms with E-state index in [-0.39, 0.29) is 5.69 Å². The van der Waals surface area contributed by atoms with Crippen LogP contribution < -0.4 is 4.74 Å². The molecule has 1 saturated carbocycles. The van der Waals surface area contributed by atoms with Gasteiger partial charge < -0.3 is 9.84 Å². The third-order valence-corrected chi connectivity index (χ3v) is 3.96. The number of hydrogen-bond acceptors (Lipinski definition) is 3. The Morgan fingerprint density at radius 2 is 2.24 bits per heavy atom. The van der Waals surface area contributed by atoms with Crippen LogP contribution in [-0.4, -0.2) is 27.9 Å². The number of nitrogens with one attached hydrogen (secondary N) is 1. The lowest BCUT2D eigenvalue weighted by Crippen LogP contribution is -2.19. The van der Waals surface area contributed by atoms with Crippen molar-refractivity contribution in [3.05, 3.63) is 35.0 Å². The summed E-state index contributed by atoms with van der Waals surface area (Å²) in [5, 5.41) is 16.0. The van der Waals surface area contributed by atoms with Crippen molar-refractivity contribution >= 4 is 17.6 Å². The van der Waals surface area contributed by atoms with E-state index >= 15 is 0 Å². The van der Waals surface area contributed by atoms with Crippen LogP contribution in [0.3, 0.4) is 0 Å². The molecule has 110 valence electrons. The molecule has 1 fully saturated rings. The Hall–Kier alpha value is -2.01. The number of nitrogens with zero attached hydrogens (tertiary/aromatic N) is 1. The molecule has 1 aromatic carbocycles. The predicted molar refractivity (Wildman–Crippen MR) is 78.8 cm³/mol. The van der Waals surface area contributed by atoms with E-state index in [0.29, 0.717) is 34.6 Å². The fourth-order valence-electron chi connectivity index (χ4n) is 2.26. The van der Waals surface area contributed by atoms with E-state index in [2.05, 4.69) is 10.2 Å². The molecule has 21 heavy (non-hydrogen) atoms. The molecule has 5 nitrogen and oxygen atoms in total. The maximum Gasteiger partial charge on any atom is 0.353 e. The van der Waals surface area contributed by atoms with Crippen molar-refractivity contribution in [3.8, 4) is 17.0 Å². The molecule has 3 rings (SSSR count). The van der Waals surface area contributed by atoms with Crippen LogP contribution in [0.4, 0.5) is 0 Å². The Balaban J connectivity index is 1.87. The van der Waals surface area contributed by atoms with Gasteiger partial charge in [0.05, 0.1) is 12.3 Å². The van der Waals surface area contributed by atoms with Crippen LogP contribution in [-0.2, 0) is 0 Å². The first-order chi connectivity index (χ1) is 10.1. The number of aromatic carboxylic acids is 1. The third-order valence-electron chi connectivity index (χ3n) is 3.73. The SMILES string of the molecule is O=C(O)c1cc(-c2cc(Cl)ccc2OCC2CCC2)n[nH]1. The van der Waals surface area contributed by atoms with E-state index in [1.54, 1.807) is 18.2 Å². The molecular weight excluding hydrogens is 292 g/mol. The molecule has 0 radical (unpaired) electrons. The number of carboxylic acid groups (broad SMARTS) is 1. The van der Waals surface area contributed by atoms with Gasteiger partial charge in [-0.2, -0.15) is 5.10 Å². The second kappa shape index (κ2) is 5.77. The molecule has 1 aliphatic rings. The summed E-state index contributed by atoms with van der Waals surface area (Å²) in [6.45, 7) is 0.671. The topological polar surface area (TPSA) is 75.2 Å². The lowest BCUT2D eigenvalue weighted by molar-refractivity contribution is 0.0690. The maximum atomic E-state index is 10.9. The average molecular weight is 307 g/mol. The van der Waals surface area contributed by atoms with Crippen molar-refractivity contribution in [1.82, 2.24) is 10.2 Å². The van der Waals surface area contributed by atoms with Gasteiger partial charge in [0.15, 0.2) is 0 Å². The molecular formula is C15H15ClN2O3. The van der Waals surface area contributed by atoms with Crippen LogP contribution in [0.15, 0.2) is 24.3 Å². The highest BCUT2D eigenvalue weighted by Crippen LogP contribution is 2.34. The highest BCUT2D eigenvalue weighted by Gasteiger charge is 2.19. The first-order valence-electron chi connectivity index (χ1n) is 6.85. The fraction of sp³-hybridized carbons (Fsp3) is 0.333. The third kappa shape index (κ3) is 3.03. The molecule has 2 aromatic rings. The molecule has 0 saturated heterocycles. The molecule has 2 N–H and O–H groups in total. The van der Waals surface area contributed by atoms with Gasteiger partial charge in [-0.05, 0) is 43.0 Å². The molecule has 1 aliphatic carbocycles. The van der Waals surface area contributed by atoms with Gasteiger partial charge in [-0.3, -0.25) is 5.10 Å². The summed E-state index contributed by atoms with van der Waals surface area (Å²) in [5.74, 6) is 0.241. The standard InChI is InChI=1S/C15H15ClN2O3/c16-10-4-5-14(21-8-9-2-1-3-9)11(6-10)12-7-13(15(19)20)18-17-12/h4-7,9H,1-3,8H2,(H,17,18)(H,19,20). The van der Waals surface area contributed by atoms with E-state index in [1.807, 2.05) is 0 Å². The summed E-state index contributed by atoms with van der Waals surface area (Å²) >= 11 is 6.03. The van der Waals surface area contributed by atoms with Gasteiger partial charge in [0, 0.05) is 10.6 Å². The largest absolute Gasteiger partial charge is 0.493 e. The molecule has 6 heteroatoms. The molecule has 0 amide bonds. The van der Waals surface area contributed by atoms with Crippen molar-refractivity contribution in [2.45, 2.75) is 19.3 Å². The monoisotopic (exact) mass is 306 g/mol. The van der Waals surface area contributed by atoms with Gasteiger partial charge in [-0.25, -0.2) is 4.79 Å². The van der Waals surface area contributed by atoms with Gasteiger partial charge in [0.2, 0.25) is 0 Å². The number of ether oxygens (including phenoxy) is 1. The van der Waals surface area contributed by atoms with E-state index in [0.717, 1.165) is 0 Å². The molecule has 0 bridgehead atoms. The van der Waals surface area contributed by atoms with Gasteiger partial charge in [0.25, 0.3) is 0 Å². The predicted octanol–water partition coefficient (Wildman–Crippen LogP) is 3.61. The second-order valence-electron chi connectivity index (χ2n) is 5.22. The molecule has 1 aromatic heterocycles. The number of carboxylic acids is 1. The zero-order valence-electron chi connectivity index (χ0n) is 11.3. The first-order valence-corrected chi connectivity index (χ1v) is 7.22. The number of carbonyl (C=O) groups is 1. The number of benzene rings is 1. The highest BCUT2D eigenvalue weighted by molar-refractivity contribution is 6.31. The normalized spacial score (nSPS) is 14.7. The molecule has 0 unspecified atom stereocenters. The van der Waals surface area contributed by atoms with E-state index in [1.165, 1.54) is 25.3 Å². The molecule has 0 aliphatic heterocycles. The lowest BCUT2D eigenvalue weighted by atomic mass is 9.86. The Morgan fingerprint density at radius 1 is 1.43 bits per heavy atom. The molecule has 0 atom stereocenters. The highest BCUT2D eigenvalue weighted by atomic mass is 35.5. The van der Waals surface area contributed by atoms with Crippen molar-refractivity contribution < 1.29 is 14.6 Å². The van der Waals surface area contributed by atoms with Crippen LogP contribution in [0.5, 0.6) is 5.75 Å². The fourth-order valence-corrected chi connectivity index (χ4v) is 2.44. The van der Waals surface area contributed by atoms with E-state index < -0.39 is 5.97 Å². The van der Waals surface area contributed by atoms with Crippen molar-refractivity contribution in [2.24, 2.45) is 5.92 Å². The van der Waals surface area contributed by atoms with Gasteiger partial charge in [0.1, 0.15) is 11.4 Å². The van der Waals surface area contributed by atoms with Crippen LogP contribution >= 0.6 is 11.6 Å². The van der Waals surface area contributed by atoms with Crippen molar-refractivity contribution in [1.29, 1.82) is 0 Å². The van der Waals surface area contributed by atoms with Gasteiger partial charge in [-0.15, -0.1) is 0 Å². The average Bonchev–Trinajstić information content (AvgIpc) is 2.88. The number of aromatic amines is 1. The summed E-state index contributed by atoms with van der Waals surface area (Å²) in [6, 6.07) is 6.76. The van der Waals surface area contributed by atoms with Crippen molar-refractivity contribution in [2.75, 3.05) is 6.61 Å². The van der Waals surface area contributed by atoms with Crippen LogP contribution in [0.1, 0.15) is 29.8 Å². The van der Waals surface area contributed by atoms with Crippen molar-refractivity contribution in [3.63, 3.8) is 0 Å². The van der Waals surface area contributed by atoms with Gasteiger partial charge in [-0.1, -0.05) is 18.0 Å². The maximum absolute atomic E-state index is 10.9. The summed E-state index contributed by atoms with van der Waals surface area (Å²) in [6.07, 6.45) is 3.67.